The fraction of sp³-hybridized carbons (Fsp3) is 0.0857. The summed E-state index contributed by atoms with van der Waals surface area (Å²) in [5.41, 5.74) is 6.39. The summed E-state index contributed by atoms with van der Waals surface area (Å²) in [4.78, 5) is -0.0851. The van der Waals surface area contributed by atoms with Crippen LogP contribution in [-0.4, -0.2) is 18.1 Å². The zero-order chi connectivity index (χ0) is 28.7. The second-order valence-corrected chi connectivity index (χ2v) is 11.6. The average Bonchev–Trinajstić information content (AvgIpc) is 2.96. The Bertz CT molecular complexity index is 2190. The van der Waals surface area contributed by atoms with E-state index in [2.05, 4.69) is 102 Å². The third-order valence-corrected chi connectivity index (χ3v) is 8.50. The van der Waals surface area contributed by atoms with E-state index < -0.39 is 10.1 Å². The first-order chi connectivity index (χ1) is 19.7. The van der Waals surface area contributed by atoms with Crippen molar-refractivity contribution in [2.24, 2.45) is 0 Å². The van der Waals surface area contributed by atoms with E-state index in [1.54, 1.807) is 26.0 Å². The molecule has 41 heavy (non-hydrogen) atoms. The minimum absolute atomic E-state index is 0.0851. The van der Waals surface area contributed by atoms with Gasteiger partial charge in [0.2, 0.25) is 11.0 Å². The first kappa shape index (κ1) is 26.6. The van der Waals surface area contributed by atoms with Crippen LogP contribution >= 0.6 is 0 Å². The SMILES string of the molecule is Cc1cc(C)c(S(=O)(=O)[O-])c(C)c1.c1ccc(-c2n[n+]3c4ccccc4ccc3c3ccc4ccccc4c23)cc1. The molecule has 0 bridgehead atoms. The molecule has 0 aliphatic rings. The van der Waals surface area contributed by atoms with Gasteiger partial charge < -0.3 is 4.55 Å². The Morgan fingerprint density at radius 2 is 1.24 bits per heavy atom. The highest BCUT2D eigenvalue weighted by atomic mass is 32.2. The highest BCUT2D eigenvalue weighted by Crippen LogP contribution is 2.34. The molecule has 0 unspecified atom stereocenters. The van der Waals surface area contributed by atoms with Crippen LogP contribution in [0.1, 0.15) is 16.7 Å². The molecule has 0 atom stereocenters. The lowest BCUT2D eigenvalue weighted by Gasteiger charge is -2.14. The predicted octanol–water partition coefficient (Wildman–Crippen LogP) is 7.46. The first-order valence-corrected chi connectivity index (χ1v) is 14.8. The summed E-state index contributed by atoms with van der Waals surface area (Å²) >= 11 is 0. The summed E-state index contributed by atoms with van der Waals surface area (Å²) in [5.74, 6) is 0. The molecular formula is C35H28N2O3S. The van der Waals surface area contributed by atoms with E-state index in [0.29, 0.717) is 11.1 Å². The fourth-order valence-corrected chi connectivity index (χ4v) is 6.66. The van der Waals surface area contributed by atoms with Gasteiger partial charge in [0.1, 0.15) is 15.8 Å². The van der Waals surface area contributed by atoms with Gasteiger partial charge in [-0.05, 0) is 65.4 Å². The van der Waals surface area contributed by atoms with Crippen LogP contribution < -0.4 is 4.52 Å². The summed E-state index contributed by atoms with van der Waals surface area (Å²) in [6, 6.07) is 39.6. The summed E-state index contributed by atoms with van der Waals surface area (Å²) in [7, 11) is -4.33. The van der Waals surface area contributed by atoms with E-state index in [4.69, 9.17) is 5.10 Å². The zero-order valence-corrected chi connectivity index (χ0v) is 23.8. The van der Waals surface area contributed by atoms with Crippen molar-refractivity contribution in [3.63, 3.8) is 0 Å². The second kappa shape index (κ2) is 10.4. The molecule has 5 nitrogen and oxygen atoms in total. The van der Waals surface area contributed by atoms with Crippen LogP contribution in [0.4, 0.5) is 0 Å². The molecule has 7 rings (SSSR count). The normalized spacial score (nSPS) is 11.6. The minimum atomic E-state index is -4.33. The molecule has 7 aromatic rings. The predicted molar refractivity (Wildman–Crippen MR) is 164 cm³/mol. The van der Waals surface area contributed by atoms with Gasteiger partial charge in [0.25, 0.3) is 0 Å². The zero-order valence-electron chi connectivity index (χ0n) is 23.0. The summed E-state index contributed by atoms with van der Waals surface area (Å²) in [6.07, 6.45) is 0. The Kier molecular flexibility index (Phi) is 6.73. The Morgan fingerprint density at radius 3 is 1.95 bits per heavy atom. The number of nitrogens with zero attached hydrogens (tertiary/aromatic N) is 2. The van der Waals surface area contributed by atoms with Gasteiger partial charge in [0, 0.05) is 33.6 Å². The van der Waals surface area contributed by atoms with Gasteiger partial charge in [0.15, 0.2) is 0 Å². The molecule has 5 aromatic carbocycles. The van der Waals surface area contributed by atoms with E-state index >= 15 is 0 Å². The van der Waals surface area contributed by atoms with Gasteiger partial charge in [-0.15, -0.1) is 0 Å². The van der Waals surface area contributed by atoms with Crippen LogP contribution in [-0.2, 0) is 10.1 Å². The molecule has 6 heteroatoms. The van der Waals surface area contributed by atoms with E-state index in [0.717, 1.165) is 27.9 Å². The Balaban J connectivity index is 0.000000197. The molecule has 0 amide bonds. The average molecular weight is 557 g/mol. The number of fused-ring (bicyclic) bond motifs is 7. The number of aryl methyl sites for hydroxylation is 3. The van der Waals surface area contributed by atoms with Gasteiger partial charge >= 0.3 is 0 Å². The lowest BCUT2D eigenvalue weighted by molar-refractivity contribution is -0.550. The van der Waals surface area contributed by atoms with Gasteiger partial charge in [-0.25, -0.2) is 8.42 Å². The summed E-state index contributed by atoms with van der Waals surface area (Å²) in [6.45, 7) is 5.12. The molecule has 0 N–H and O–H groups in total. The van der Waals surface area contributed by atoms with Gasteiger partial charge in [0.05, 0.1) is 10.3 Å². The Hall–Kier alpha value is -4.65. The molecule has 0 saturated heterocycles. The monoisotopic (exact) mass is 556 g/mol. The molecular weight excluding hydrogens is 528 g/mol. The van der Waals surface area contributed by atoms with Crippen LogP contribution in [0.15, 0.2) is 120 Å². The number of aromatic nitrogens is 2. The number of rotatable bonds is 2. The van der Waals surface area contributed by atoms with Crippen molar-refractivity contribution in [1.82, 2.24) is 5.10 Å². The molecule has 0 radical (unpaired) electrons. The van der Waals surface area contributed by atoms with Crippen LogP contribution in [0.2, 0.25) is 0 Å². The molecule has 202 valence electrons. The lowest BCUT2D eigenvalue weighted by Crippen LogP contribution is -2.28. The topological polar surface area (TPSA) is 74.2 Å². The molecule has 0 saturated carbocycles. The van der Waals surface area contributed by atoms with Crippen molar-refractivity contribution in [1.29, 1.82) is 0 Å². The minimum Gasteiger partial charge on any atom is -0.744 e. The summed E-state index contributed by atoms with van der Waals surface area (Å²) in [5, 5.41) is 11.3. The Labute approximate surface area is 239 Å². The number of hydrogen-bond donors (Lipinski definition) is 0. The maximum absolute atomic E-state index is 10.8. The fourth-order valence-electron chi connectivity index (χ4n) is 5.75. The Morgan fingerprint density at radius 1 is 0.634 bits per heavy atom. The lowest BCUT2D eigenvalue weighted by atomic mass is 9.97. The smallest absolute Gasteiger partial charge is 0.246 e. The maximum Gasteiger partial charge on any atom is 0.246 e. The van der Waals surface area contributed by atoms with E-state index in [-0.39, 0.29) is 4.90 Å². The number of benzene rings is 5. The molecule has 0 fully saturated rings. The number of para-hydroxylation sites is 1. The van der Waals surface area contributed by atoms with E-state index in [9.17, 15) is 13.0 Å². The van der Waals surface area contributed by atoms with Crippen LogP contribution in [0, 0.1) is 20.8 Å². The van der Waals surface area contributed by atoms with Gasteiger partial charge in [-0.3, -0.25) is 0 Å². The number of hydrogen-bond acceptors (Lipinski definition) is 4. The van der Waals surface area contributed by atoms with Crippen molar-refractivity contribution in [3.05, 3.63) is 132 Å². The highest BCUT2D eigenvalue weighted by Gasteiger charge is 2.20. The van der Waals surface area contributed by atoms with Crippen molar-refractivity contribution in [3.8, 4) is 11.3 Å². The largest absolute Gasteiger partial charge is 0.744 e. The molecule has 0 spiro atoms. The quantitative estimate of drug-likeness (QED) is 0.126. The van der Waals surface area contributed by atoms with Crippen molar-refractivity contribution < 1.29 is 17.5 Å². The highest BCUT2D eigenvalue weighted by molar-refractivity contribution is 7.85. The van der Waals surface area contributed by atoms with Crippen molar-refractivity contribution in [2.45, 2.75) is 25.7 Å². The molecule has 0 aliphatic carbocycles. The first-order valence-electron chi connectivity index (χ1n) is 13.4. The van der Waals surface area contributed by atoms with Gasteiger partial charge in [-0.1, -0.05) is 90.5 Å². The van der Waals surface area contributed by atoms with Crippen LogP contribution in [0.25, 0.3) is 49.2 Å². The standard InChI is InChI=1S/C26H17N2.C9H12O3S/c1-2-10-20(11-3-1)26-25-21-12-6-4-8-18(21)14-16-22(25)24-17-15-19-9-5-7-13-23(19)28(24)27-26;1-6-4-7(2)9(8(3)5-6)13(10,11)12/h1-17H;4-5H,1-3H3,(H,10,11,12)/q+1;/p-1. The number of pyridine rings is 1. The maximum atomic E-state index is 10.8. The van der Waals surface area contributed by atoms with Crippen LogP contribution in [0.5, 0.6) is 0 Å². The third-order valence-electron chi connectivity index (χ3n) is 7.36. The van der Waals surface area contributed by atoms with Gasteiger partial charge in [-0.2, -0.15) is 0 Å². The molecule has 0 aliphatic heterocycles. The van der Waals surface area contributed by atoms with Crippen molar-refractivity contribution >= 4 is 48.1 Å². The van der Waals surface area contributed by atoms with E-state index in [1.165, 1.54) is 26.9 Å². The third kappa shape index (κ3) is 4.92. The van der Waals surface area contributed by atoms with Crippen LogP contribution in [0.3, 0.4) is 0 Å². The van der Waals surface area contributed by atoms with E-state index in [1.807, 2.05) is 13.0 Å². The second-order valence-electron chi connectivity index (χ2n) is 10.3. The molecule has 2 heterocycles. The van der Waals surface area contributed by atoms with Crippen molar-refractivity contribution in [2.75, 3.05) is 0 Å². The molecule has 2 aromatic heterocycles. The summed E-state index contributed by atoms with van der Waals surface area (Å²) < 4.78 is 34.6.